The smallest absolute Gasteiger partial charge is 0.0314 e. The summed E-state index contributed by atoms with van der Waals surface area (Å²) in [5, 5.41) is 0. The van der Waals surface area contributed by atoms with Crippen LogP contribution in [-0.4, -0.2) is 0 Å². The minimum Gasteiger partial charge on any atom is -0.399 e. The Morgan fingerprint density at radius 2 is 0.417 bits per heavy atom. The Morgan fingerprint density at radius 3 is 0.617 bits per heavy atom. The molecular formula is C58H88N2. The van der Waals surface area contributed by atoms with Gasteiger partial charge in [-0.1, -0.05) is 254 Å². The van der Waals surface area contributed by atoms with Crippen molar-refractivity contribution in [1.29, 1.82) is 0 Å². The van der Waals surface area contributed by atoms with Gasteiger partial charge < -0.3 is 11.5 Å². The molecule has 0 saturated carbocycles. The molecule has 330 valence electrons. The molecule has 0 aliphatic rings. The van der Waals surface area contributed by atoms with Crippen molar-refractivity contribution in [2.24, 2.45) is 0 Å². The maximum absolute atomic E-state index is 6.16. The lowest BCUT2D eigenvalue weighted by Crippen LogP contribution is -2.06. The molecule has 0 spiro atoms. The average Bonchev–Trinajstić information content (AvgIpc) is 3.27. The van der Waals surface area contributed by atoms with Crippen molar-refractivity contribution < 1.29 is 0 Å². The van der Waals surface area contributed by atoms with Crippen LogP contribution in [0.15, 0.2) is 97.1 Å². The zero-order valence-corrected chi connectivity index (χ0v) is 38.9. The third-order valence-electron chi connectivity index (χ3n) is 13.4. The third-order valence-corrected chi connectivity index (χ3v) is 13.4. The first-order valence-corrected chi connectivity index (χ1v) is 25.4. The summed E-state index contributed by atoms with van der Waals surface area (Å²) in [5.41, 5.74) is 22.6. The SMILES string of the molecule is CCCCCCCCCCCC(c1ccc(N)cc1)c1ccc(C(CCCCCCCCC)c2ccc(C(CCCCCCCCCCC)c3ccc(N)cc3)cc2)cc1. The first-order chi connectivity index (χ1) is 29.5. The molecule has 60 heavy (non-hydrogen) atoms. The van der Waals surface area contributed by atoms with Gasteiger partial charge in [-0.15, -0.1) is 0 Å². The molecule has 4 aromatic rings. The minimum absolute atomic E-state index is 0.404. The van der Waals surface area contributed by atoms with Gasteiger partial charge in [0.05, 0.1) is 0 Å². The molecule has 0 radical (unpaired) electrons. The summed E-state index contributed by atoms with van der Waals surface area (Å²) in [6.07, 6.45) is 37.5. The van der Waals surface area contributed by atoms with E-state index >= 15 is 0 Å². The molecule has 4 rings (SSSR count). The number of unbranched alkanes of at least 4 members (excludes halogenated alkanes) is 22. The third kappa shape index (κ3) is 18.6. The molecule has 0 bridgehead atoms. The molecule has 0 saturated heterocycles. The van der Waals surface area contributed by atoms with E-state index in [2.05, 4.69) is 118 Å². The standard InChI is InChI=1S/C58H88N2/c1-4-7-10-13-16-18-21-24-27-30-57(52-40-44-54(59)45-41-52)50-36-32-48(33-37-50)56(29-26-23-20-15-12-9-6-3)49-34-38-51(39-35-49)58(53-42-46-55(60)47-43-53)31-28-25-22-19-17-14-11-8-5-2/h32-47,56-58H,4-31,59-60H2,1-3H3. The fraction of sp³-hybridized carbons (Fsp3) is 0.586. The summed E-state index contributed by atoms with van der Waals surface area (Å²) in [6.45, 7) is 6.92. The molecule has 0 heterocycles. The van der Waals surface area contributed by atoms with Gasteiger partial charge in [-0.25, -0.2) is 0 Å². The van der Waals surface area contributed by atoms with E-state index in [4.69, 9.17) is 11.5 Å². The molecule has 0 aliphatic carbocycles. The number of hydrogen-bond donors (Lipinski definition) is 2. The van der Waals surface area contributed by atoms with Crippen molar-refractivity contribution in [2.75, 3.05) is 11.5 Å². The molecule has 4 aromatic carbocycles. The van der Waals surface area contributed by atoms with Crippen molar-refractivity contribution in [3.05, 3.63) is 130 Å². The fourth-order valence-corrected chi connectivity index (χ4v) is 9.58. The van der Waals surface area contributed by atoms with E-state index in [1.807, 2.05) is 0 Å². The first-order valence-electron chi connectivity index (χ1n) is 25.4. The van der Waals surface area contributed by atoms with Gasteiger partial charge in [0.1, 0.15) is 0 Å². The van der Waals surface area contributed by atoms with E-state index < -0.39 is 0 Å². The van der Waals surface area contributed by atoms with Gasteiger partial charge in [0.15, 0.2) is 0 Å². The van der Waals surface area contributed by atoms with Crippen LogP contribution in [-0.2, 0) is 0 Å². The summed E-state index contributed by atoms with van der Waals surface area (Å²) in [4.78, 5) is 0. The zero-order chi connectivity index (χ0) is 42.5. The molecule has 2 nitrogen and oxygen atoms in total. The lowest BCUT2D eigenvalue weighted by molar-refractivity contribution is 0.545. The Labute approximate surface area is 370 Å². The highest BCUT2D eigenvalue weighted by atomic mass is 14.5. The topological polar surface area (TPSA) is 52.0 Å². The number of nitrogen functional groups attached to an aromatic ring is 2. The Morgan fingerprint density at radius 1 is 0.250 bits per heavy atom. The maximum atomic E-state index is 6.16. The second kappa shape index (κ2) is 30.5. The van der Waals surface area contributed by atoms with Crippen molar-refractivity contribution >= 4 is 11.4 Å². The molecule has 4 N–H and O–H groups in total. The maximum Gasteiger partial charge on any atom is 0.0314 e. The normalized spacial score (nSPS) is 13.1. The van der Waals surface area contributed by atoms with Crippen LogP contribution in [0.1, 0.15) is 252 Å². The number of rotatable bonds is 34. The Bertz CT molecular complexity index is 1490. The van der Waals surface area contributed by atoms with Crippen molar-refractivity contribution in [3.8, 4) is 0 Å². The van der Waals surface area contributed by atoms with Crippen LogP contribution in [0.4, 0.5) is 11.4 Å². The fourth-order valence-electron chi connectivity index (χ4n) is 9.58. The highest BCUT2D eigenvalue weighted by Gasteiger charge is 2.20. The lowest BCUT2D eigenvalue weighted by atomic mass is 9.81. The van der Waals surface area contributed by atoms with Crippen LogP contribution in [0.25, 0.3) is 0 Å². The van der Waals surface area contributed by atoms with E-state index in [0.717, 1.165) is 11.4 Å². The highest BCUT2D eigenvalue weighted by Crippen LogP contribution is 2.37. The molecule has 2 unspecified atom stereocenters. The van der Waals surface area contributed by atoms with E-state index in [0.29, 0.717) is 17.8 Å². The summed E-state index contributed by atoms with van der Waals surface area (Å²) >= 11 is 0. The molecule has 0 fully saturated rings. The molecule has 0 aliphatic heterocycles. The Kier molecular flexibility index (Phi) is 25.0. The molecule has 0 amide bonds. The van der Waals surface area contributed by atoms with Crippen molar-refractivity contribution in [2.45, 2.75) is 218 Å². The summed E-state index contributed by atoms with van der Waals surface area (Å²) < 4.78 is 0. The van der Waals surface area contributed by atoms with E-state index in [1.54, 1.807) is 0 Å². The van der Waals surface area contributed by atoms with Gasteiger partial charge in [-0.2, -0.15) is 0 Å². The van der Waals surface area contributed by atoms with Gasteiger partial charge in [0.25, 0.3) is 0 Å². The quantitative estimate of drug-likeness (QED) is 0.0365. The van der Waals surface area contributed by atoms with Crippen LogP contribution in [0.5, 0.6) is 0 Å². The first kappa shape index (κ1) is 49.1. The highest BCUT2D eigenvalue weighted by molar-refractivity contribution is 5.45. The lowest BCUT2D eigenvalue weighted by Gasteiger charge is -2.23. The average molecular weight is 813 g/mol. The van der Waals surface area contributed by atoms with E-state index in [1.165, 1.54) is 213 Å². The van der Waals surface area contributed by atoms with Gasteiger partial charge in [0, 0.05) is 29.1 Å². The predicted molar refractivity (Wildman–Crippen MR) is 266 cm³/mol. The Hall–Kier alpha value is -3.52. The van der Waals surface area contributed by atoms with Crippen molar-refractivity contribution in [3.63, 3.8) is 0 Å². The molecule has 2 heteroatoms. The van der Waals surface area contributed by atoms with Crippen LogP contribution < -0.4 is 11.5 Å². The monoisotopic (exact) mass is 813 g/mol. The van der Waals surface area contributed by atoms with Gasteiger partial charge in [0.2, 0.25) is 0 Å². The van der Waals surface area contributed by atoms with E-state index in [9.17, 15) is 0 Å². The second-order valence-corrected chi connectivity index (χ2v) is 18.5. The molecule has 0 aromatic heterocycles. The van der Waals surface area contributed by atoms with Gasteiger partial charge in [-0.3, -0.25) is 0 Å². The number of benzene rings is 4. The predicted octanol–water partition coefficient (Wildman–Crippen LogP) is 18.2. The number of hydrogen-bond acceptors (Lipinski definition) is 2. The zero-order valence-electron chi connectivity index (χ0n) is 38.9. The van der Waals surface area contributed by atoms with E-state index in [-0.39, 0.29) is 0 Å². The van der Waals surface area contributed by atoms with Crippen LogP contribution in [0, 0.1) is 0 Å². The summed E-state index contributed by atoms with van der Waals surface area (Å²) in [7, 11) is 0. The molecular weight excluding hydrogens is 725 g/mol. The largest absolute Gasteiger partial charge is 0.399 e. The Balaban J connectivity index is 1.48. The summed E-state index contributed by atoms with van der Waals surface area (Å²) in [5.74, 6) is 1.21. The van der Waals surface area contributed by atoms with Gasteiger partial charge >= 0.3 is 0 Å². The summed E-state index contributed by atoms with van der Waals surface area (Å²) in [6, 6.07) is 37.1. The van der Waals surface area contributed by atoms with Gasteiger partial charge in [-0.05, 0) is 76.9 Å². The van der Waals surface area contributed by atoms with Crippen LogP contribution in [0.2, 0.25) is 0 Å². The minimum atomic E-state index is 0.404. The van der Waals surface area contributed by atoms with Crippen LogP contribution >= 0.6 is 0 Å². The number of anilines is 2. The van der Waals surface area contributed by atoms with Crippen molar-refractivity contribution in [1.82, 2.24) is 0 Å². The van der Waals surface area contributed by atoms with Crippen LogP contribution in [0.3, 0.4) is 0 Å². The second-order valence-electron chi connectivity index (χ2n) is 18.5. The number of nitrogens with two attached hydrogens (primary N) is 2. The molecule has 2 atom stereocenters.